The minimum atomic E-state index is -1.03. The summed E-state index contributed by atoms with van der Waals surface area (Å²) in [4.78, 5) is 35.3. The number of hydrogen-bond donors (Lipinski definition) is 3. The highest BCUT2D eigenvalue weighted by atomic mass is 16.4. The highest BCUT2D eigenvalue weighted by Crippen LogP contribution is 2.03. The molecular formula is C18H23N5O4. The number of carboxylic acid groups (broad SMARTS) is 1. The zero-order valence-electron chi connectivity index (χ0n) is 15.1. The Morgan fingerprint density at radius 1 is 1.22 bits per heavy atom. The molecule has 0 aliphatic heterocycles. The van der Waals surface area contributed by atoms with Gasteiger partial charge in [0.05, 0.1) is 19.2 Å². The molecule has 0 spiro atoms. The molecule has 9 heteroatoms. The van der Waals surface area contributed by atoms with Crippen LogP contribution in [0, 0.1) is 0 Å². The summed E-state index contributed by atoms with van der Waals surface area (Å²) in [5.74, 6) is -1.56. The van der Waals surface area contributed by atoms with Gasteiger partial charge < -0.3 is 15.7 Å². The van der Waals surface area contributed by atoms with Crippen molar-refractivity contribution in [3.63, 3.8) is 0 Å². The van der Waals surface area contributed by atoms with Gasteiger partial charge in [0.1, 0.15) is 18.3 Å². The molecule has 1 unspecified atom stereocenters. The molecule has 1 atom stereocenters. The number of amides is 2. The van der Waals surface area contributed by atoms with Gasteiger partial charge in [0.15, 0.2) is 0 Å². The maximum absolute atomic E-state index is 12.4. The lowest BCUT2D eigenvalue weighted by Crippen LogP contribution is -2.47. The zero-order valence-corrected chi connectivity index (χ0v) is 15.1. The third-order valence-electron chi connectivity index (χ3n) is 3.76. The van der Waals surface area contributed by atoms with Crippen LogP contribution in [0.5, 0.6) is 0 Å². The molecule has 0 aliphatic rings. The molecule has 1 aromatic carbocycles. The number of carboxylic acids is 1. The van der Waals surface area contributed by atoms with Gasteiger partial charge in [-0.15, -0.1) is 5.10 Å². The summed E-state index contributed by atoms with van der Waals surface area (Å²) in [5.41, 5.74) is 1.32. The highest BCUT2D eigenvalue weighted by molar-refractivity contribution is 5.88. The molecule has 0 fully saturated rings. The number of nitrogens with one attached hydrogen (secondary N) is 2. The Labute approximate surface area is 156 Å². The molecule has 2 rings (SSSR count). The Morgan fingerprint density at radius 2 is 1.96 bits per heavy atom. The van der Waals surface area contributed by atoms with Gasteiger partial charge in [-0.2, -0.15) is 0 Å². The standard InChI is InChI=1S/C18H23N5O4/c1-2-6-15(20-16(24)9-13-7-4-3-5-8-13)18(27)19-10-14-11-23(22-21-14)12-17(25)26/h3-5,7-8,11,15H,2,6,9-10,12H2,1H3,(H,19,27)(H,20,24)(H,25,26). The SMILES string of the molecule is CCCC(NC(=O)Cc1ccccc1)C(=O)NCc1cn(CC(=O)O)nn1. The molecule has 0 radical (unpaired) electrons. The van der Waals surface area contributed by atoms with E-state index < -0.39 is 12.0 Å². The fourth-order valence-electron chi connectivity index (χ4n) is 2.52. The minimum Gasteiger partial charge on any atom is -0.480 e. The van der Waals surface area contributed by atoms with Gasteiger partial charge in [0.2, 0.25) is 11.8 Å². The van der Waals surface area contributed by atoms with Crippen molar-refractivity contribution in [2.45, 2.75) is 45.3 Å². The first kappa shape index (κ1) is 20.1. The van der Waals surface area contributed by atoms with E-state index in [1.54, 1.807) is 0 Å². The molecule has 0 saturated carbocycles. The number of aromatic nitrogens is 3. The molecular weight excluding hydrogens is 350 g/mol. The van der Waals surface area contributed by atoms with Crippen LogP contribution >= 0.6 is 0 Å². The van der Waals surface area contributed by atoms with Crippen molar-refractivity contribution in [1.29, 1.82) is 0 Å². The molecule has 3 N–H and O–H groups in total. The second-order valence-electron chi connectivity index (χ2n) is 6.09. The molecule has 1 aromatic heterocycles. The summed E-state index contributed by atoms with van der Waals surface area (Å²) >= 11 is 0. The third-order valence-corrected chi connectivity index (χ3v) is 3.76. The smallest absolute Gasteiger partial charge is 0.325 e. The van der Waals surface area contributed by atoms with Gasteiger partial charge in [-0.25, -0.2) is 4.68 Å². The summed E-state index contributed by atoms with van der Waals surface area (Å²) in [6, 6.07) is 8.66. The summed E-state index contributed by atoms with van der Waals surface area (Å²) in [5, 5.41) is 21.7. The van der Waals surface area contributed by atoms with Crippen molar-refractivity contribution in [3.8, 4) is 0 Å². The summed E-state index contributed by atoms with van der Waals surface area (Å²) in [6.45, 7) is 1.74. The van der Waals surface area contributed by atoms with E-state index in [0.717, 1.165) is 12.0 Å². The molecule has 1 heterocycles. The van der Waals surface area contributed by atoms with E-state index in [1.807, 2.05) is 37.3 Å². The van der Waals surface area contributed by atoms with Crippen LogP contribution < -0.4 is 10.6 Å². The Hall–Kier alpha value is -3.23. The number of nitrogens with zero attached hydrogens (tertiary/aromatic N) is 3. The van der Waals surface area contributed by atoms with E-state index in [4.69, 9.17) is 5.11 Å². The van der Waals surface area contributed by atoms with Gasteiger partial charge in [-0.3, -0.25) is 14.4 Å². The number of rotatable bonds is 10. The lowest BCUT2D eigenvalue weighted by Gasteiger charge is -2.17. The van der Waals surface area contributed by atoms with Gasteiger partial charge in [0, 0.05) is 0 Å². The first-order valence-corrected chi connectivity index (χ1v) is 8.69. The average molecular weight is 373 g/mol. The molecule has 0 saturated heterocycles. The summed E-state index contributed by atoms with van der Waals surface area (Å²) in [7, 11) is 0. The van der Waals surface area contributed by atoms with Crippen molar-refractivity contribution < 1.29 is 19.5 Å². The van der Waals surface area contributed by atoms with Gasteiger partial charge >= 0.3 is 5.97 Å². The van der Waals surface area contributed by atoms with E-state index in [1.165, 1.54) is 10.9 Å². The predicted octanol–water partition coefficient (Wildman–Crippen LogP) is 0.507. The maximum atomic E-state index is 12.4. The first-order valence-electron chi connectivity index (χ1n) is 8.69. The summed E-state index contributed by atoms with van der Waals surface area (Å²) in [6.07, 6.45) is 2.91. The molecule has 2 aromatic rings. The van der Waals surface area contributed by atoms with Crippen LogP contribution in [0.2, 0.25) is 0 Å². The monoisotopic (exact) mass is 373 g/mol. The molecule has 0 aliphatic carbocycles. The van der Waals surface area contributed by atoms with Crippen molar-refractivity contribution in [2.24, 2.45) is 0 Å². The molecule has 2 amide bonds. The lowest BCUT2D eigenvalue weighted by molar-refractivity contribution is -0.138. The number of carbonyl (C=O) groups is 3. The van der Waals surface area contributed by atoms with Crippen molar-refractivity contribution >= 4 is 17.8 Å². The largest absolute Gasteiger partial charge is 0.480 e. The number of carbonyl (C=O) groups excluding carboxylic acids is 2. The van der Waals surface area contributed by atoms with Crippen LogP contribution in [0.1, 0.15) is 31.0 Å². The van der Waals surface area contributed by atoms with Crippen LogP contribution in [0.15, 0.2) is 36.5 Å². The molecule has 27 heavy (non-hydrogen) atoms. The lowest BCUT2D eigenvalue weighted by atomic mass is 10.1. The molecule has 0 bridgehead atoms. The average Bonchev–Trinajstić information content (AvgIpc) is 3.06. The fourth-order valence-corrected chi connectivity index (χ4v) is 2.52. The third kappa shape index (κ3) is 6.89. The Balaban J connectivity index is 1.87. The van der Waals surface area contributed by atoms with E-state index >= 15 is 0 Å². The van der Waals surface area contributed by atoms with Gasteiger partial charge in [-0.05, 0) is 12.0 Å². The van der Waals surface area contributed by atoms with Crippen molar-refractivity contribution in [2.75, 3.05) is 0 Å². The Kier molecular flexibility index (Phi) is 7.48. The van der Waals surface area contributed by atoms with Crippen LogP contribution in [-0.4, -0.2) is 43.9 Å². The second-order valence-corrected chi connectivity index (χ2v) is 6.09. The normalized spacial score (nSPS) is 11.6. The van der Waals surface area contributed by atoms with Crippen LogP contribution in [-0.2, 0) is 33.9 Å². The van der Waals surface area contributed by atoms with E-state index in [-0.39, 0.29) is 31.3 Å². The van der Waals surface area contributed by atoms with Crippen molar-refractivity contribution in [3.05, 3.63) is 47.8 Å². The van der Waals surface area contributed by atoms with Crippen LogP contribution in [0.3, 0.4) is 0 Å². The predicted molar refractivity (Wildman–Crippen MR) is 96.5 cm³/mol. The van der Waals surface area contributed by atoms with Crippen molar-refractivity contribution in [1.82, 2.24) is 25.6 Å². The first-order chi connectivity index (χ1) is 13.0. The Bertz CT molecular complexity index is 775. The molecule has 9 nitrogen and oxygen atoms in total. The van der Waals surface area contributed by atoms with E-state index in [2.05, 4.69) is 20.9 Å². The van der Waals surface area contributed by atoms with E-state index in [0.29, 0.717) is 12.1 Å². The highest BCUT2D eigenvalue weighted by Gasteiger charge is 2.20. The number of aliphatic carboxylic acids is 1. The van der Waals surface area contributed by atoms with Crippen LogP contribution in [0.25, 0.3) is 0 Å². The number of benzene rings is 1. The fraction of sp³-hybridized carbons (Fsp3) is 0.389. The minimum absolute atomic E-state index is 0.104. The zero-order chi connectivity index (χ0) is 19.6. The number of hydrogen-bond acceptors (Lipinski definition) is 5. The quantitative estimate of drug-likeness (QED) is 0.557. The van der Waals surface area contributed by atoms with Gasteiger partial charge in [0.25, 0.3) is 0 Å². The topological polar surface area (TPSA) is 126 Å². The second kappa shape index (κ2) is 10.0. The summed E-state index contributed by atoms with van der Waals surface area (Å²) < 4.78 is 1.18. The maximum Gasteiger partial charge on any atom is 0.325 e. The van der Waals surface area contributed by atoms with Gasteiger partial charge in [-0.1, -0.05) is 48.9 Å². The van der Waals surface area contributed by atoms with Crippen LogP contribution in [0.4, 0.5) is 0 Å². The molecule has 144 valence electrons. The Morgan fingerprint density at radius 3 is 2.63 bits per heavy atom. The van der Waals surface area contributed by atoms with E-state index in [9.17, 15) is 14.4 Å².